The third-order valence-corrected chi connectivity index (χ3v) is 5.34. The highest BCUT2D eigenvalue weighted by Gasteiger charge is 2.57. The molecule has 1 aromatic carbocycles. The number of aliphatic hydroxyl groups excluding tert-OH is 1. The van der Waals surface area contributed by atoms with Crippen LogP contribution in [0.15, 0.2) is 30.0 Å². The summed E-state index contributed by atoms with van der Waals surface area (Å²) in [4.78, 5) is 49.6. The minimum atomic E-state index is -0.957. The van der Waals surface area contributed by atoms with Crippen molar-refractivity contribution in [3.05, 3.63) is 35.5 Å². The van der Waals surface area contributed by atoms with Gasteiger partial charge in [-0.3, -0.25) is 9.59 Å². The van der Waals surface area contributed by atoms with E-state index in [1.165, 1.54) is 24.0 Å². The first-order chi connectivity index (χ1) is 14.9. The van der Waals surface area contributed by atoms with Crippen molar-refractivity contribution in [2.45, 2.75) is 46.3 Å². The van der Waals surface area contributed by atoms with Gasteiger partial charge in [-0.15, -0.1) is 0 Å². The number of esters is 2. The molecular weight excluding hydrogens is 420 g/mol. The SMILES string of the molecule is C[C@@H](O)[C@H]1C(=O)N2C(C(=O)OCOC(=O)C(C)(C)C)=C(c3ccc(OC(N)=O)cc3)C[C@H]12. The normalized spacial score (nSPS) is 20.9. The number of carbonyl (C=O) groups is 4. The summed E-state index contributed by atoms with van der Waals surface area (Å²) in [5.41, 5.74) is 5.42. The summed E-state index contributed by atoms with van der Waals surface area (Å²) in [5.74, 6) is -2.15. The highest BCUT2D eigenvalue weighted by Crippen LogP contribution is 2.47. The molecule has 0 saturated carbocycles. The zero-order valence-corrected chi connectivity index (χ0v) is 18.3. The van der Waals surface area contributed by atoms with E-state index >= 15 is 0 Å². The van der Waals surface area contributed by atoms with Gasteiger partial charge in [0.15, 0.2) is 0 Å². The molecule has 2 aliphatic heterocycles. The van der Waals surface area contributed by atoms with Crippen LogP contribution < -0.4 is 10.5 Å². The Morgan fingerprint density at radius 1 is 1.19 bits per heavy atom. The van der Waals surface area contributed by atoms with Crippen LogP contribution >= 0.6 is 0 Å². The van der Waals surface area contributed by atoms with Crippen LogP contribution in [0.3, 0.4) is 0 Å². The molecule has 32 heavy (non-hydrogen) atoms. The maximum atomic E-state index is 12.9. The second-order valence-electron chi connectivity index (χ2n) is 8.75. The number of fused-ring (bicyclic) bond motifs is 1. The molecular formula is C22H26N2O8. The number of hydrogen-bond donors (Lipinski definition) is 2. The summed E-state index contributed by atoms with van der Waals surface area (Å²) < 4.78 is 14.9. The molecule has 1 fully saturated rings. The third-order valence-electron chi connectivity index (χ3n) is 5.34. The Bertz CT molecular complexity index is 975. The largest absolute Gasteiger partial charge is 0.427 e. The number of carbonyl (C=O) groups excluding carboxylic acids is 4. The number of amides is 2. The number of ether oxygens (including phenoxy) is 3. The van der Waals surface area contributed by atoms with Crippen LogP contribution in [0, 0.1) is 11.3 Å². The fourth-order valence-electron chi connectivity index (χ4n) is 3.78. The molecule has 10 nitrogen and oxygen atoms in total. The lowest BCUT2D eigenvalue weighted by Crippen LogP contribution is -2.61. The fraction of sp³-hybridized carbons (Fsp3) is 0.455. The van der Waals surface area contributed by atoms with Crippen molar-refractivity contribution in [2.75, 3.05) is 6.79 Å². The van der Waals surface area contributed by atoms with Crippen molar-refractivity contribution in [1.82, 2.24) is 4.90 Å². The number of aliphatic hydroxyl groups is 1. The van der Waals surface area contributed by atoms with Crippen LogP contribution in [0.1, 0.15) is 39.7 Å². The summed E-state index contributed by atoms with van der Waals surface area (Å²) in [7, 11) is 0. The highest BCUT2D eigenvalue weighted by atomic mass is 16.7. The van der Waals surface area contributed by atoms with Gasteiger partial charge in [0.05, 0.1) is 23.5 Å². The Morgan fingerprint density at radius 3 is 2.34 bits per heavy atom. The molecule has 0 aromatic heterocycles. The number of benzene rings is 1. The van der Waals surface area contributed by atoms with Gasteiger partial charge in [0.2, 0.25) is 12.7 Å². The molecule has 0 radical (unpaired) electrons. The molecule has 10 heteroatoms. The summed E-state index contributed by atoms with van der Waals surface area (Å²) >= 11 is 0. The van der Waals surface area contributed by atoms with Gasteiger partial charge in [0.1, 0.15) is 11.4 Å². The van der Waals surface area contributed by atoms with Gasteiger partial charge in [-0.2, -0.15) is 0 Å². The Labute approximate surface area is 184 Å². The average molecular weight is 446 g/mol. The zero-order chi connectivity index (χ0) is 23.8. The van der Waals surface area contributed by atoms with E-state index in [0.29, 0.717) is 17.6 Å². The molecule has 172 valence electrons. The zero-order valence-electron chi connectivity index (χ0n) is 18.3. The second-order valence-corrected chi connectivity index (χ2v) is 8.75. The van der Waals surface area contributed by atoms with E-state index in [1.807, 2.05) is 0 Å². The number of rotatable bonds is 6. The number of β-lactam (4-membered cyclic amide) rings is 1. The van der Waals surface area contributed by atoms with E-state index in [0.717, 1.165) is 0 Å². The van der Waals surface area contributed by atoms with Gasteiger partial charge >= 0.3 is 18.0 Å². The molecule has 2 aliphatic rings. The van der Waals surface area contributed by atoms with E-state index in [1.54, 1.807) is 32.9 Å². The molecule has 0 bridgehead atoms. The van der Waals surface area contributed by atoms with E-state index in [2.05, 4.69) is 0 Å². The molecule has 0 spiro atoms. The Hall–Kier alpha value is -3.40. The van der Waals surface area contributed by atoms with Crippen molar-refractivity contribution in [2.24, 2.45) is 17.1 Å². The molecule has 2 heterocycles. The number of hydrogen-bond acceptors (Lipinski definition) is 8. The van der Waals surface area contributed by atoms with Crippen LogP contribution in [0.4, 0.5) is 4.79 Å². The molecule has 3 rings (SSSR count). The van der Waals surface area contributed by atoms with Crippen LogP contribution in [0.2, 0.25) is 0 Å². The smallest absolute Gasteiger partial charge is 0.409 e. The van der Waals surface area contributed by atoms with Crippen LogP contribution in [0.25, 0.3) is 5.57 Å². The van der Waals surface area contributed by atoms with Crippen molar-refractivity contribution in [3.8, 4) is 5.75 Å². The van der Waals surface area contributed by atoms with Crippen LogP contribution in [-0.2, 0) is 23.9 Å². The van der Waals surface area contributed by atoms with Gasteiger partial charge in [-0.1, -0.05) is 12.1 Å². The van der Waals surface area contributed by atoms with Crippen molar-refractivity contribution in [1.29, 1.82) is 0 Å². The molecule has 0 aliphatic carbocycles. The number of nitrogens with zero attached hydrogens (tertiary/aromatic N) is 1. The lowest BCUT2D eigenvalue weighted by atomic mass is 9.82. The first-order valence-corrected chi connectivity index (χ1v) is 10.1. The Kier molecular flexibility index (Phi) is 6.27. The third kappa shape index (κ3) is 4.45. The van der Waals surface area contributed by atoms with Gasteiger partial charge in [-0.25, -0.2) is 9.59 Å². The monoisotopic (exact) mass is 446 g/mol. The van der Waals surface area contributed by atoms with Gasteiger partial charge in [-0.05, 0) is 57.4 Å². The van der Waals surface area contributed by atoms with Gasteiger partial charge in [0.25, 0.3) is 0 Å². The quantitative estimate of drug-likeness (QED) is 0.380. The first-order valence-electron chi connectivity index (χ1n) is 10.1. The molecule has 3 N–H and O–H groups in total. The first kappa shape index (κ1) is 23.3. The molecule has 1 saturated heterocycles. The summed E-state index contributed by atoms with van der Waals surface area (Å²) in [6, 6.07) is 5.86. The van der Waals surface area contributed by atoms with E-state index in [9.17, 15) is 24.3 Å². The van der Waals surface area contributed by atoms with Crippen molar-refractivity contribution < 1.29 is 38.5 Å². The van der Waals surface area contributed by atoms with Crippen molar-refractivity contribution in [3.63, 3.8) is 0 Å². The maximum Gasteiger partial charge on any atom is 0.409 e. The van der Waals surface area contributed by atoms with Gasteiger partial charge in [0, 0.05) is 0 Å². The highest BCUT2D eigenvalue weighted by molar-refractivity contribution is 6.06. The van der Waals surface area contributed by atoms with E-state index in [-0.39, 0.29) is 17.4 Å². The summed E-state index contributed by atoms with van der Waals surface area (Å²) in [6.45, 7) is 5.93. The number of primary amides is 1. The lowest BCUT2D eigenvalue weighted by Gasteiger charge is -2.44. The number of nitrogens with two attached hydrogens (primary N) is 1. The van der Waals surface area contributed by atoms with Crippen molar-refractivity contribution >= 4 is 29.5 Å². The predicted molar refractivity (Wildman–Crippen MR) is 111 cm³/mol. The molecule has 1 aromatic rings. The van der Waals surface area contributed by atoms with E-state index in [4.69, 9.17) is 19.9 Å². The molecule has 0 unspecified atom stereocenters. The Morgan fingerprint density at radius 2 is 1.81 bits per heavy atom. The summed E-state index contributed by atoms with van der Waals surface area (Å²) in [5, 5.41) is 9.97. The minimum absolute atomic E-state index is 0.0345. The molecule has 3 atom stereocenters. The Balaban J connectivity index is 1.85. The predicted octanol–water partition coefficient (Wildman–Crippen LogP) is 1.56. The van der Waals surface area contributed by atoms with Crippen LogP contribution in [0.5, 0.6) is 5.75 Å². The van der Waals surface area contributed by atoms with Gasteiger partial charge < -0.3 is 30.0 Å². The minimum Gasteiger partial charge on any atom is -0.427 e. The molecule has 2 amide bonds. The maximum absolute atomic E-state index is 12.9. The van der Waals surface area contributed by atoms with E-state index < -0.39 is 48.3 Å². The summed E-state index contributed by atoms with van der Waals surface area (Å²) in [6.07, 6.45) is -1.51. The second kappa shape index (κ2) is 8.62. The lowest BCUT2D eigenvalue weighted by molar-refractivity contribution is -0.175. The topological polar surface area (TPSA) is 145 Å². The fourth-order valence-corrected chi connectivity index (χ4v) is 3.78. The van der Waals surface area contributed by atoms with Crippen LogP contribution in [-0.4, -0.2) is 52.9 Å². The average Bonchev–Trinajstić information content (AvgIpc) is 3.02. The standard InChI is InChI=1S/C22H26N2O8/c1-11(25)16-15-9-14(12-5-7-13(8-6-12)32-21(23)29)17(24(15)18(16)26)19(27)30-10-31-20(28)22(2,3)4/h5-8,11,15-16,25H,9-10H2,1-4H3,(H2,23,29)/t11-,15-,16-/m1/s1.